The Morgan fingerprint density at radius 2 is 1.77 bits per heavy atom. The number of likely N-dealkylation sites (tertiary alicyclic amines) is 1. The first-order chi connectivity index (χ1) is 20.6. The Hall–Kier alpha value is -3.82. The van der Waals surface area contributed by atoms with Crippen LogP contribution < -0.4 is 15.2 Å². The van der Waals surface area contributed by atoms with Crippen molar-refractivity contribution in [2.24, 2.45) is 0 Å². The Labute approximate surface area is 253 Å². The number of methoxy groups -OCH3 is 1. The Kier molecular flexibility index (Phi) is 11.3. The molecule has 8 nitrogen and oxygen atoms in total. The zero-order chi connectivity index (χ0) is 30.8. The molecule has 0 spiro atoms. The van der Waals surface area contributed by atoms with Gasteiger partial charge in [-0.2, -0.15) is 0 Å². The molecule has 0 saturated carbocycles. The minimum absolute atomic E-state index is 0.0194. The Morgan fingerprint density at radius 1 is 1.00 bits per heavy atom. The lowest BCUT2D eigenvalue weighted by Gasteiger charge is -2.39. The molecule has 0 bridgehead atoms. The van der Waals surface area contributed by atoms with Gasteiger partial charge in [-0.25, -0.2) is 9.18 Å². The van der Waals surface area contributed by atoms with E-state index in [1.165, 1.54) is 18.2 Å². The molecule has 3 aromatic rings. The molecular formula is C34H43FN2O6. The maximum atomic E-state index is 13.9. The first kappa shape index (κ1) is 32.1. The second kappa shape index (κ2) is 15.1. The predicted octanol–water partition coefficient (Wildman–Crippen LogP) is 6.71. The van der Waals surface area contributed by atoms with Gasteiger partial charge in [0.05, 0.1) is 46.2 Å². The SMILES string of the molecule is COc1ccccc1COCCCOc1ccc(C2CCN(C(=O)OC(C)(C)C)CC2OCc2cc(F)ccc2N)cc1. The van der Waals surface area contributed by atoms with Gasteiger partial charge in [-0.05, 0) is 69.2 Å². The van der Waals surface area contributed by atoms with E-state index in [0.29, 0.717) is 50.6 Å². The molecule has 2 N–H and O–H groups in total. The zero-order valence-corrected chi connectivity index (χ0v) is 25.5. The van der Waals surface area contributed by atoms with Crippen LogP contribution in [0.25, 0.3) is 0 Å². The molecule has 0 aliphatic carbocycles. The van der Waals surface area contributed by atoms with E-state index in [-0.39, 0.29) is 30.5 Å². The number of carbonyl (C=O) groups excluding carboxylic acids is 1. The monoisotopic (exact) mass is 594 g/mol. The van der Waals surface area contributed by atoms with Gasteiger partial charge in [-0.1, -0.05) is 30.3 Å². The van der Waals surface area contributed by atoms with E-state index in [9.17, 15) is 9.18 Å². The third-order valence-corrected chi connectivity index (χ3v) is 7.23. The van der Waals surface area contributed by atoms with Gasteiger partial charge < -0.3 is 34.3 Å². The number of para-hydroxylation sites is 1. The van der Waals surface area contributed by atoms with Gasteiger partial charge in [-0.3, -0.25) is 0 Å². The molecule has 2 unspecified atom stereocenters. The summed E-state index contributed by atoms with van der Waals surface area (Å²) in [5.74, 6) is 1.23. The number of halogens is 1. The number of piperidine rings is 1. The van der Waals surface area contributed by atoms with Crippen LogP contribution >= 0.6 is 0 Å². The van der Waals surface area contributed by atoms with Crippen molar-refractivity contribution in [1.29, 1.82) is 0 Å². The highest BCUT2D eigenvalue weighted by Crippen LogP contribution is 2.33. The van der Waals surface area contributed by atoms with E-state index < -0.39 is 5.60 Å². The standard InChI is InChI=1S/C34H43FN2O6/c1-34(2,3)43-33(38)37-17-16-29(32(21-37)42-23-26-20-27(35)12-15-30(26)36)24-10-13-28(14-11-24)41-19-7-18-40-22-25-8-5-6-9-31(25)39-4/h5-6,8-15,20,29,32H,7,16-19,21-23,36H2,1-4H3. The quantitative estimate of drug-likeness (QED) is 0.184. The van der Waals surface area contributed by atoms with Crippen molar-refractivity contribution in [2.45, 2.75) is 64.4 Å². The molecule has 232 valence electrons. The number of hydrogen-bond acceptors (Lipinski definition) is 7. The topological polar surface area (TPSA) is 92.5 Å². The van der Waals surface area contributed by atoms with Crippen LogP contribution in [0, 0.1) is 5.82 Å². The smallest absolute Gasteiger partial charge is 0.410 e. The van der Waals surface area contributed by atoms with E-state index in [0.717, 1.165) is 29.0 Å². The molecule has 9 heteroatoms. The van der Waals surface area contributed by atoms with Crippen LogP contribution in [-0.4, -0.2) is 56.1 Å². The second-order valence-electron chi connectivity index (χ2n) is 11.6. The van der Waals surface area contributed by atoms with Gasteiger partial charge >= 0.3 is 6.09 Å². The van der Waals surface area contributed by atoms with Gasteiger partial charge in [0.25, 0.3) is 0 Å². The molecular weight excluding hydrogens is 551 g/mol. The summed E-state index contributed by atoms with van der Waals surface area (Å²) in [6.45, 7) is 8.14. The van der Waals surface area contributed by atoms with Crippen LogP contribution in [0.4, 0.5) is 14.9 Å². The number of nitrogen functional groups attached to an aromatic ring is 1. The predicted molar refractivity (Wildman–Crippen MR) is 164 cm³/mol. The molecule has 4 rings (SSSR count). The van der Waals surface area contributed by atoms with Gasteiger partial charge in [0.15, 0.2) is 0 Å². The number of nitrogens with two attached hydrogens (primary N) is 1. The summed E-state index contributed by atoms with van der Waals surface area (Å²) in [5, 5.41) is 0. The van der Waals surface area contributed by atoms with E-state index >= 15 is 0 Å². The van der Waals surface area contributed by atoms with Gasteiger partial charge in [0, 0.05) is 35.7 Å². The second-order valence-corrected chi connectivity index (χ2v) is 11.6. The van der Waals surface area contributed by atoms with Crippen molar-refractivity contribution >= 4 is 11.8 Å². The molecule has 0 aromatic heterocycles. The average Bonchev–Trinajstić information content (AvgIpc) is 2.99. The van der Waals surface area contributed by atoms with E-state index in [1.807, 2.05) is 69.3 Å². The molecule has 1 heterocycles. The van der Waals surface area contributed by atoms with Crippen molar-refractivity contribution in [2.75, 3.05) is 39.1 Å². The minimum Gasteiger partial charge on any atom is -0.496 e. The fraction of sp³-hybridized carbons (Fsp3) is 0.441. The van der Waals surface area contributed by atoms with E-state index in [1.54, 1.807) is 12.0 Å². The Balaban J connectivity index is 1.33. The zero-order valence-electron chi connectivity index (χ0n) is 25.5. The highest BCUT2D eigenvalue weighted by atomic mass is 19.1. The summed E-state index contributed by atoms with van der Waals surface area (Å²) in [5.41, 5.74) is 8.59. The van der Waals surface area contributed by atoms with Crippen molar-refractivity contribution in [3.63, 3.8) is 0 Å². The third kappa shape index (κ3) is 9.59. The summed E-state index contributed by atoms with van der Waals surface area (Å²) in [7, 11) is 1.65. The fourth-order valence-electron chi connectivity index (χ4n) is 5.02. The third-order valence-electron chi connectivity index (χ3n) is 7.23. The van der Waals surface area contributed by atoms with Crippen LogP contribution in [0.2, 0.25) is 0 Å². The first-order valence-electron chi connectivity index (χ1n) is 14.7. The molecule has 1 aliphatic heterocycles. The molecule has 43 heavy (non-hydrogen) atoms. The summed E-state index contributed by atoms with van der Waals surface area (Å²) in [4.78, 5) is 14.5. The summed E-state index contributed by atoms with van der Waals surface area (Å²) in [6.07, 6.45) is 0.724. The molecule has 1 fully saturated rings. The number of carbonyl (C=O) groups is 1. The number of rotatable bonds is 12. The number of amides is 1. The van der Waals surface area contributed by atoms with Crippen LogP contribution in [-0.2, 0) is 27.4 Å². The molecule has 0 radical (unpaired) electrons. The Morgan fingerprint density at radius 3 is 2.51 bits per heavy atom. The first-order valence-corrected chi connectivity index (χ1v) is 14.7. The van der Waals surface area contributed by atoms with Gasteiger partial charge in [0.1, 0.15) is 22.9 Å². The molecule has 3 aromatic carbocycles. The molecule has 1 saturated heterocycles. The van der Waals surface area contributed by atoms with Crippen molar-refractivity contribution in [1.82, 2.24) is 4.90 Å². The normalized spacial score (nSPS) is 17.0. The van der Waals surface area contributed by atoms with Crippen molar-refractivity contribution in [3.8, 4) is 11.5 Å². The van der Waals surface area contributed by atoms with Crippen LogP contribution in [0.1, 0.15) is 56.2 Å². The maximum Gasteiger partial charge on any atom is 0.410 e. The van der Waals surface area contributed by atoms with Crippen molar-refractivity contribution in [3.05, 3.63) is 89.2 Å². The number of anilines is 1. The number of ether oxygens (including phenoxy) is 5. The Bertz CT molecular complexity index is 1330. The minimum atomic E-state index is -0.600. The fourth-order valence-corrected chi connectivity index (χ4v) is 5.02. The molecule has 1 amide bonds. The van der Waals surface area contributed by atoms with Crippen LogP contribution in [0.15, 0.2) is 66.7 Å². The highest BCUT2D eigenvalue weighted by molar-refractivity contribution is 5.68. The van der Waals surface area contributed by atoms with Crippen LogP contribution in [0.3, 0.4) is 0 Å². The van der Waals surface area contributed by atoms with Crippen LogP contribution in [0.5, 0.6) is 11.5 Å². The number of nitrogens with zero attached hydrogens (tertiary/aromatic N) is 1. The van der Waals surface area contributed by atoms with E-state index in [2.05, 4.69) is 0 Å². The lowest BCUT2D eigenvalue weighted by atomic mass is 9.87. The number of hydrogen-bond donors (Lipinski definition) is 1. The molecule has 2 atom stereocenters. The lowest BCUT2D eigenvalue weighted by Crippen LogP contribution is -2.48. The number of benzene rings is 3. The summed E-state index contributed by atoms with van der Waals surface area (Å²) in [6, 6.07) is 20.0. The largest absolute Gasteiger partial charge is 0.496 e. The van der Waals surface area contributed by atoms with Crippen molar-refractivity contribution < 1.29 is 32.9 Å². The lowest BCUT2D eigenvalue weighted by molar-refractivity contribution is -0.0358. The molecule has 1 aliphatic rings. The highest BCUT2D eigenvalue weighted by Gasteiger charge is 2.35. The summed E-state index contributed by atoms with van der Waals surface area (Å²) < 4.78 is 42.9. The summed E-state index contributed by atoms with van der Waals surface area (Å²) >= 11 is 0. The average molecular weight is 595 g/mol. The van der Waals surface area contributed by atoms with Gasteiger partial charge in [0.2, 0.25) is 0 Å². The van der Waals surface area contributed by atoms with Gasteiger partial charge in [-0.15, -0.1) is 0 Å². The maximum absolute atomic E-state index is 13.9. The van der Waals surface area contributed by atoms with E-state index in [4.69, 9.17) is 29.4 Å².